The maximum atomic E-state index is 5.62. The third kappa shape index (κ3) is 2.66. The Morgan fingerprint density at radius 2 is 1.90 bits per heavy atom. The fraction of sp³-hybridized carbons (Fsp3) is 0.133. The van der Waals surface area contributed by atoms with Gasteiger partial charge in [-0.2, -0.15) is 0 Å². The first-order valence-corrected chi connectivity index (χ1v) is 6.36. The molecule has 0 saturated carbocycles. The first-order valence-electron chi connectivity index (χ1n) is 6.36. The van der Waals surface area contributed by atoms with E-state index in [4.69, 9.17) is 4.42 Å². The molecule has 2 heterocycles. The van der Waals surface area contributed by atoms with Crippen molar-refractivity contribution in [2.45, 2.75) is 13.5 Å². The molecule has 0 bridgehead atoms. The van der Waals surface area contributed by atoms with Crippen LogP contribution in [0, 0.1) is 6.92 Å². The van der Waals surface area contributed by atoms with Crippen molar-refractivity contribution in [1.82, 2.24) is 15.2 Å². The molecule has 5 nitrogen and oxygen atoms in total. The fourth-order valence-electron chi connectivity index (χ4n) is 1.85. The molecule has 0 unspecified atom stereocenters. The highest BCUT2D eigenvalue weighted by Gasteiger charge is 2.08. The number of nitrogens with one attached hydrogen (secondary N) is 1. The van der Waals surface area contributed by atoms with E-state index in [0.717, 1.165) is 16.9 Å². The van der Waals surface area contributed by atoms with Gasteiger partial charge in [0, 0.05) is 11.8 Å². The third-order valence-electron chi connectivity index (χ3n) is 2.90. The van der Waals surface area contributed by atoms with E-state index in [2.05, 4.69) is 20.5 Å². The zero-order valence-electron chi connectivity index (χ0n) is 11.1. The minimum Gasteiger partial charge on any atom is -0.419 e. The Morgan fingerprint density at radius 3 is 2.70 bits per heavy atom. The second kappa shape index (κ2) is 5.52. The molecule has 0 aliphatic rings. The maximum Gasteiger partial charge on any atom is 0.247 e. The minimum absolute atomic E-state index is 0.456. The van der Waals surface area contributed by atoms with Gasteiger partial charge >= 0.3 is 0 Å². The molecule has 0 aliphatic carbocycles. The summed E-state index contributed by atoms with van der Waals surface area (Å²) in [5.74, 6) is 1.89. The molecule has 0 saturated heterocycles. The Labute approximate surface area is 116 Å². The van der Waals surface area contributed by atoms with Crippen LogP contribution >= 0.6 is 0 Å². The van der Waals surface area contributed by atoms with Gasteiger partial charge in [0.15, 0.2) is 0 Å². The summed E-state index contributed by atoms with van der Waals surface area (Å²) in [6, 6.07) is 13.6. The zero-order valence-corrected chi connectivity index (χ0v) is 11.1. The van der Waals surface area contributed by atoms with Crippen molar-refractivity contribution < 1.29 is 4.42 Å². The average Bonchev–Trinajstić information content (AvgIpc) is 2.96. The van der Waals surface area contributed by atoms with Crippen molar-refractivity contribution >= 4 is 5.82 Å². The SMILES string of the molecule is Cc1cccnc1NCc1nnc(-c2ccccc2)o1. The zero-order chi connectivity index (χ0) is 13.8. The molecular formula is C15H14N4O. The van der Waals surface area contributed by atoms with E-state index in [1.54, 1.807) is 6.20 Å². The van der Waals surface area contributed by atoms with E-state index in [9.17, 15) is 0 Å². The summed E-state index contributed by atoms with van der Waals surface area (Å²) < 4.78 is 5.62. The van der Waals surface area contributed by atoms with Gasteiger partial charge in [-0.15, -0.1) is 10.2 Å². The molecule has 0 atom stereocenters. The topological polar surface area (TPSA) is 63.8 Å². The van der Waals surface area contributed by atoms with E-state index >= 15 is 0 Å². The predicted molar refractivity (Wildman–Crippen MR) is 76.0 cm³/mol. The Kier molecular flexibility index (Phi) is 3.41. The van der Waals surface area contributed by atoms with Crippen molar-refractivity contribution in [2.75, 3.05) is 5.32 Å². The van der Waals surface area contributed by atoms with Crippen molar-refractivity contribution in [3.63, 3.8) is 0 Å². The highest BCUT2D eigenvalue weighted by molar-refractivity contribution is 5.51. The van der Waals surface area contributed by atoms with Crippen LogP contribution in [-0.2, 0) is 6.54 Å². The molecule has 0 amide bonds. The van der Waals surface area contributed by atoms with Crippen LogP contribution in [0.5, 0.6) is 0 Å². The lowest BCUT2D eigenvalue weighted by molar-refractivity contribution is 0.514. The Balaban J connectivity index is 1.71. The molecule has 100 valence electrons. The monoisotopic (exact) mass is 266 g/mol. The van der Waals surface area contributed by atoms with Crippen molar-refractivity contribution in [3.8, 4) is 11.5 Å². The van der Waals surface area contributed by atoms with Crippen LogP contribution in [0.1, 0.15) is 11.5 Å². The summed E-state index contributed by atoms with van der Waals surface area (Å²) in [5, 5.41) is 11.3. The summed E-state index contributed by atoms with van der Waals surface area (Å²) in [6.07, 6.45) is 1.75. The van der Waals surface area contributed by atoms with Gasteiger partial charge < -0.3 is 9.73 Å². The van der Waals surface area contributed by atoms with E-state index in [-0.39, 0.29) is 0 Å². The van der Waals surface area contributed by atoms with Crippen LogP contribution < -0.4 is 5.32 Å². The number of rotatable bonds is 4. The highest BCUT2D eigenvalue weighted by Crippen LogP contribution is 2.17. The lowest BCUT2D eigenvalue weighted by Gasteiger charge is -2.04. The molecule has 3 rings (SSSR count). The number of aryl methyl sites for hydroxylation is 1. The Hall–Kier alpha value is -2.69. The third-order valence-corrected chi connectivity index (χ3v) is 2.90. The van der Waals surface area contributed by atoms with E-state index in [0.29, 0.717) is 18.3 Å². The second-order valence-corrected chi connectivity index (χ2v) is 4.39. The van der Waals surface area contributed by atoms with Crippen LogP contribution in [-0.4, -0.2) is 15.2 Å². The van der Waals surface area contributed by atoms with Gasteiger partial charge in [-0.3, -0.25) is 0 Å². The quantitative estimate of drug-likeness (QED) is 0.786. The molecule has 0 radical (unpaired) electrons. The Bertz CT molecular complexity index is 694. The van der Waals surface area contributed by atoms with E-state index in [1.165, 1.54) is 0 Å². The standard InChI is InChI=1S/C15H14N4O/c1-11-6-5-9-16-14(11)17-10-13-18-19-15(20-13)12-7-3-2-4-8-12/h2-9H,10H2,1H3,(H,16,17). The van der Waals surface area contributed by atoms with Crippen LogP contribution in [0.4, 0.5) is 5.82 Å². The maximum absolute atomic E-state index is 5.62. The minimum atomic E-state index is 0.456. The van der Waals surface area contributed by atoms with Crippen LogP contribution in [0.3, 0.4) is 0 Å². The van der Waals surface area contributed by atoms with Gasteiger partial charge in [0.1, 0.15) is 5.82 Å². The number of aromatic nitrogens is 3. The van der Waals surface area contributed by atoms with Gasteiger partial charge in [0.05, 0.1) is 6.54 Å². The summed E-state index contributed by atoms with van der Waals surface area (Å²) in [4.78, 5) is 4.26. The predicted octanol–water partition coefficient (Wildman–Crippen LogP) is 3.05. The molecular weight excluding hydrogens is 252 g/mol. The molecule has 20 heavy (non-hydrogen) atoms. The molecule has 3 aromatic rings. The summed E-state index contributed by atoms with van der Waals surface area (Å²) in [7, 11) is 0. The van der Waals surface area contributed by atoms with E-state index in [1.807, 2.05) is 49.4 Å². The van der Waals surface area contributed by atoms with Gasteiger partial charge in [0.2, 0.25) is 11.8 Å². The largest absolute Gasteiger partial charge is 0.419 e. The van der Waals surface area contributed by atoms with Crippen molar-refractivity contribution in [2.24, 2.45) is 0 Å². The van der Waals surface area contributed by atoms with Crippen LogP contribution in [0.15, 0.2) is 53.1 Å². The van der Waals surface area contributed by atoms with Gasteiger partial charge in [-0.1, -0.05) is 24.3 Å². The number of nitrogens with zero attached hydrogens (tertiary/aromatic N) is 3. The summed E-state index contributed by atoms with van der Waals surface area (Å²) in [6.45, 7) is 2.45. The normalized spacial score (nSPS) is 10.4. The molecule has 0 fully saturated rings. The summed E-state index contributed by atoms with van der Waals surface area (Å²) in [5.41, 5.74) is 2.00. The second-order valence-electron chi connectivity index (χ2n) is 4.39. The van der Waals surface area contributed by atoms with Crippen molar-refractivity contribution in [1.29, 1.82) is 0 Å². The number of benzene rings is 1. The summed E-state index contributed by atoms with van der Waals surface area (Å²) >= 11 is 0. The molecule has 0 spiro atoms. The first kappa shape index (κ1) is 12.3. The number of pyridine rings is 1. The van der Waals surface area contributed by atoms with E-state index < -0.39 is 0 Å². The highest BCUT2D eigenvalue weighted by atomic mass is 16.4. The average molecular weight is 266 g/mol. The smallest absolute Gasteiger partial charge is 0.247 e. The molecule has 1 N–H and O–H groups in total. The number of hydrogen-bond acceptors (Lipinski definition) is 5. The van der Waals surface area contributed by atoms with Gasteiger partial charge in [-0.05, 0) is 30.7 Å². The molecule has 0 aliphatic heterocycles. The fourth-order valence-corrected chi connectivity index (χ4v) is 1.85. The molecule has 2 aromatic heterocycles. The molecule has 1 aromatic carbocycles. The van der Waals surface area contributed by atoms with Crippen molar-refractivity contribution in [3.05, 3.63) is 60.1 Å². The van der Waals surface area contributed by atoms with Gasteiger partial charge in [0.25, 0.3) is 0 Å². The first-order chi connectivity index (χ1) is 9.83. The Morgan fingerprint density at radius 1 is 1.05 bits per heavy atom. The van der Waals surface area contributed by atoms with Crippen LogP contribution in [0.25, 0.3) is 11.5 Å². The lowest BCUT2D eigenvalue weighted by Crippen LogP contribution is -2.03. The van der Waals surface area contributed by atoms with Crippen LogP contribution in [0.2, 0.25) is 0 Å². The molecule has 5 heteroatoms. The number of hydrogen-bond donors (Lipinski definition) is 1. The lowest BCUT2D eigenvalue weighted by atomic mass is 10.2. The number of anilines is 1. The van der Waals surface area contributed by atoms with Gasteiger partial charge in [-0.25, -0.2) is 4.98 Å².